The molecule has 1 aliphatic carbocycles. The highest BCUT2D eigenvalue weighted by molar-refractivity contribution is 5.94. The average Bonchev–Trinajstić information content (AvgIpc) is 3.29. The Hall–Kier alpha value is -2.11. The molecular formula is C18H27N3O3. The number of carbonyl (C=O) groups is 2. The maximum Gasteiger partial charge on any atom is 0.407 e. The van der Waals surface area contributed by atoms with Crippen LogP contribution < -0.4 is 10.6 Å². The first-order valence-electron chi connectivity index (χ1n) is 8.31. The van der Waals surface area contributed by atoms with Crippen LogP contribution in [0.25, 0.3) is 0 Å². The normalized spacial score (nSPS) is 16.9. The van der Waals surface area contributed by atoms with Crippen LogP contribution in [0.4, 0.5) is 4.79 Å². The molecule has 132 valence electrons. The van der Waals surface area contributed by atoms with E-state index in [1.807, 2.05) is 40.7 Å². The summed E-state index contributed by atoms with van der Waals surface area (Å²) < 4.78 is 5.26. The van der Waals surface area contributed by atoms with Gasteiger partial charge in [0.15, 0.2) is 0 Å². The summed E-state index contributed by atoms with van der Waals surface area (Å²) in [5, 5.41) is 5.84. The maximum absolute atomic E-state index is 12.5. The number of carbonyl (C=O) groups excluding carboxylic acids is 2. The molecule has 6 heteroatoms. The zero-order valence-corrected chi connectivity index (χ0v) is 15.1. The molecule has 1 aliphatic rings. The Morgan fingerprint density at radius 3 is 2.42 bits per heavy atom. The molecule has 2 rings (SSSR count). The lowest BCUT2D eigenvalue weighted by Gasteiger charge is -2.32. The highest BCUT2D eigenvalue weighted by atomic mass is 16.6. The van der Waals surface area contributed by atoms with E-state index in [9.17, 15) is 9.59 Å². The number of hydrogen-bond donors (Lipinski definition) is 2. The zero-order chi connectivity index (χ0) is 18.0. The molecule has 1 heterocycles. The summed E-state index contributed by atoms with van der Waals surface area (Å²) in [6, 6.07) is 3.56. The summed E-state index contributed by atoms with van der Waals surface area (Å²) in [4.78, 5) is 28.5. The van der Waals surface area contributed by atoms with Gasteiger partial charge < -0.3 is 15.4 Å². The molecular weight excluding hydrogens is 306 g/mol. The summed E-state index contributed by atoms with van der Waals surface area (Å²) in [7, 11) is 0. The van der Waals surface area contributed by atoms with Crippen molar-refractivity contribution in [3.63, 3.8) is 0 Å². The standard InChI is InChI=1S/C18H27N3O3/c1-12-6-7-13(10-19-12)15(22)21-18(5,14-8-9-14)11-20-16(23)24-17(2,3)4/h6-7,10,14H,8-9,11H2,1-5H3,(H,20,23)(H,21,22). The number of hydrogen-bond acceptors (Lipinski definition) is 4. The minimum Gasteiger partial charge on any atom is -0.444 e. The molecule has 0 radical (unpaired) electrons. The molecule has 1 fully saturated rings. The predicted octanol–water partition coefficient (Wildman–Crippen LogP) is 2.81. The number of rotatable bonds is 5. The van der Waals surface area contributed by atoms with Crippen LogP contribution in [-0.4, -0.2) is 34.7 Å². The summed E-state index contributed by atoms with van der Waals surface area (Å²) in [6.07, 6.45) is 3.18. The van der Waals surface area contributed by atoms with Gasteiger partial charge >= 0.3 is 6.09 Å². The average molecular weight is 333 g/mol. The molecule has 0 aromatic carbocycles. The van der Waals surface area contributed by atoms with Crippen LogP contribution in [-0.2, 0) is 4.74 Å². The van der Waals surface area contributed by atoms with Crippen LogP contribution in [0.5, 0.6) is 0 Å². The Labute approximate surface area is 143 Å². The second kappa shape index (κ2) is 6.79. The van der Waals surface area contributed by atoms with Gasteiger partial charge in [0.05, 0.1) is 11.1 Å². The largest absolute Gasteiger partial charge is 0.444 e. The van der Waals surface area contributed by atoms with Gasteiger partial charge in [-0.25, -0.2) is 4.79 Å². The van der Waals surface area contributed by atoms with E-state index in [1.165, 1.54) is 0 Å². The van der Waals surface area contributed by atoms with Crippen molar-refractivity contribution in [1.82, 2.24) is 15.6 Å². The number of aryl methyl sites for hydroxylation is 1. The van der Waals surface area contributed by atoms with Crippen LogP contribution in [0.2, 0.25) is 0 Å². The molecule has 2 N–H and O–H groups in total. The molecule has 24 heavy (non-hydrogen) atoms. The summed E-state index contributed by atoms with van der Waals surface area (Å²) in [5.41, 5.74) is 0.336. The number of ether oxygens (including phenoxy) is 1. The van der Waals surface area contributed by atoms with Crippen molar-refractivity contribution in [2.45, 2.75) is 58.6 Å². The highest BCUT2D eigenvalue weighted by Crippen LogP contribution is 2.39. The number of nitrogens with one attached hydrogen (secondary N) is 2. The number of amides is 2. The minimum absolute atomic E-state index is 0.178. The van der Waals surface area contributed by atoms with Gasteiger partial charge in [-0.3, -0.25) is 9.78 Å². The monoisotopic (exact) mass is 333 g/mol. The number of pyridine rings is 1. The molecule has 1 aromatic heterocycles. The zero-order valence-electron chi connectivity index (χ0n) is 15.1. The van der Waals surface area contributed by atoms with Gasteiger partial charge in [0.2, 0.25) is 0 Å². The van der Waals surface area contributed by atoms with E-state index in [1.54, 1.807) is 12.3 Å². The quantitative estimate of drug-likeness (QED) is 0.868. The van der Waals surface area contributed by atoms with Gasteiger partial charge in [-0.2, -0.15) is 0 Å². The van der Waals surface area contributed by atoms with E-state index in [0.717, 1.165) is 18.5 Å². The Kier molecular flexibility index (Phi) is 5.16. The molecule has 0 bridgehead atoms. The number of alkyl carbamates (subject to hydrolysis) is 1. The number of aromatic nitrogens is 1. The van der Waals surface area contributed by atoms with Crippen molar-refractivity contribution >= 4 is 12.0 Å². The number of nitrogens with zero attached hydrogens (tertiary/aromatic N) is 1. The van der Waals surface area contributed by atoms with Crippen LogP contribution in [0.3, 0.4) is 0 Å². The van der Waals surface area contributed by atoms with Crippen molar-refractivity contribution in [1.29, 1.82) is 0 Å². The van der Waals surface area contributed by atoms with Gasteiger partial charge in [-0.15, -0.1) is 0 Å². The molecule has 1 saturated carbocycles. The fourth-order valence-corrected chi connectivity index (χ4v) is 2.51. The fraction of sp³-hybridized carbons (Fsp3) is 0.611. The summed E-state index contributed by atoms with van der Waals surface area (Å²) in [6.45, 7) is 9.62. The van der Waals surface area contributed by atoms with Crippen LogP contribution >= 0.6 is 0 Å². The Bertz CT molecular complexity index is 603. The van der Waals surface area contributed by atoms with Gasteiger partial charge in [-0.05, 0) is 65.5 Å². The Morgan fingerprint density at radius 1 is 1.25 bits per heavy atom. The predicted molar refractivity (Wildman–Crippen MR) is 91.8 cm³/mol. The van der Waals surface area contributed by atoms with Gasteiger partial charge in [0.1, 0.15) is 5.60 Å². The lowest BCUT2D eigenvalue weighted by atomic mass is 9.95. The third-order valence-corrected chi connectivity index (χ3v) is 4.05. The molecule has 2 amide bonds. The van der Waals surface area contributed by atoms with E-state index in [-0.39, 0.29) is 5.91 Å². The topological polar surface area (TPSA) is 80.3 Å². The van der Waals surface area contributed by atoms with Gasteiger partial charge in [-0.1, -0.05) is 0 Å². The van der Waals surface area contributed by atoms with Crippen LogP contribution in [0.15, 0.2) is 18.3 Å². The van der Waals surface area contributed by atoms with E-state index in [2.05, 4.69) is 15.6 Å². The van der Waals surface area contributed by atoms with Crippen molar-refractivity contribution in [3.05, 3.63) is 29.6 Å². The summed E-state index contributed by atoms with van der Waals surface area (Å²) >= 11 is 0. The van der Waals surface area contributed by atoms with Gasteiger partial charge in [0.25, 0.3) is 5.91 Å². The second-order valence-corrected chi connectivity index (χ2v) is 7.69. The second-order valence-electron chi connectivity index (χ2n) is 7.69. The van der Waals surface area contributed by atoms with E-state index in [4.69, 9.17) is 4.74 Å². The fourth-order valence-electron chi connectivity index (χ4n) is 2.51. The molecule has 1 unspecified atom stereocenters. The third-order valence-electron chi connectivity index (χ3n) is 4.05. The molecule has 1 atom stereocenters. The SMILES string of the molecule is Cc1ccc(C(=O)NC(C)(CNC(=O)OC(C)(C)C)C2CC2)cn1. The van der Waals surface area contributed by atoms with Crippen LogP contribution in [0.1, 0.15) is 56.6 Å². The lowest BCUT2D eigenvalue weighted by Crippen LogP contribution is -2.55. The van der Waals surface area contributed by atoms with E-state index >= 15 is 0 Å². The van der Waals surface area contributed by atoms with Crippen molar-refractivity contribution in [2.24, 2.45) is 5.92 Å². The smallest absolute Gasteiger partial charge is 0.407 e. The third kappa shape index (κ3) is 5.22. The lowest BCUT2D eigenvalue weighted by molar-refractivity contribution is 0.0502. The van der Waals surface area contributed by atoms with E-state index in [0.29, 0.717) is 18.0 Å². The van der Waals surface area contributed by atoms with Crippen molar-refractivity contribution < 1.29 is 14.3 Å². The van der Waals surface area contributed by atoms with Gasteiger partial charge in [0, 0.05) is 18.4 Å². The van der Waals surface area contributed by atoms with E-state index < -0.39 is 17.2 Å². The van der Waals surface area contributed by atoms with Crippen molar-refractivity contribution in [3.8, 4) is 0 Å². The molecule has 1 aromatic rings. The van der Waals surface area contributed by atoms with Crippen LogP contribution in [0, 0.1) is 12.8 Å². The maximum atomic E-state index is 12.5. The Balaban J connectivity index is 1.98. The molecule has 0 saturated heterocycles. The molecule has 6 nitrogen and oxygen atoms in total. The van der Waals surface area contributed by atoms with Crippen molar-refractivity contribution in [2.75, 3.05) is 6.54 Å². The highest BCUT2D eigenvalue weighted by Gasteiger charge is 2.43. The summed E-state index contributed by atoms with van der Waals surface area (Å²) in [5.74, 6) is 0.178. The first-order chi connectivity index (χ1) is 11.1. The first kappa shape index (κ1) is 18.2. The minimum atomic E-state index is -0.545. The molecule has 0 aliphatic heterocycles. The first-order valence-corrected chi connectivity index (χ1v) is 8.31. The Morgan fingerprint density at radius 2 is 1.92 bits per heavy atom. The molecule has 0 spiro atoms.